The molecule has 84 valence electrons. The van der Waals surface area contributed by atoms with Crippen LogP contribution in [0.15, 0.2) is 0 Å². The monoisotopic (exact) mass is 215 g/mol. The fourth-order valence-corrected chi connectivity index (χ4v) is 2.99. The van der Waals surface area contributed by atoms with E-state index in [1.807, 2.05) is 13.8 Å². The van der Waals surface area contributed by atoms with E-state index in [1.165, 1.54) is 0 Å². The van der Waals surface area contributed by atoms with Crippen LogP contribution >= 0.6 is 0 Å². The lowest BCUT2D eigenvalue weighted by atomic mass is 9.60. The molecule has 2 heterocycles. The number of nitrogens with zero attached hydrogens (tertiary/aromatic N) is 1. The van der Waals surface area contributed by atoms with E-state index in [0.717, 1.165) is 25.8 Å². The highest BCUT2D eigenvalue weighted by atomic mass is 16.5. The van der Waals surface area contributed by atoms with E-state index in [1.54, 1.807) is 7.11 Å². The fraction of sp³-hybridized carbons (Fsp3) is 1.00. The maximum absolute atomic E-state index is 6.03. The van der Waals surface area contributed by atoms with Crippen LogP contribution in [0.5, 0.6) is 0 Å². The molecule has 2 rings (SSSR count). The Kier molecular flexibility index (Phi) is 4.59. The third-order valence-electron chi connectivity index (χ3n) is 3.54. The van der Waals surface area contributed by atoms with Gasteiger partial charge in [-0.3, -0.25) is 0 Å². The molecule has 2 atom stereocenters. The second-order valence-electron chi connectivity index (χ2n) is 4.72. The van der Waals surface area contributed by atoms with Crippen LogP contribution in [0.3, 0.4) is 0 Å². The summed E-state index contributed by atoms with van der Waals surface area (Å²) in [7, 11) is 19.7. The van der Waals surface area contributed by atoms with Crippen molar-refractivity contribution in [2.75, 3.05) is 20.3 Å². The Morgan fingerprint density at radius 3 is 2.50 bits per heavy atom. The Bertz CT molecular complexity index is 237. The number of hydrogen-bond acceptors (Lipinski definition) is 2. The van der Waals surface area contributed by atoms with Crippen molar-refractivity contribution in [2.24, 2.45) is 0 Å². The molecule has 5 heteroatoms. The van der Waals surface area contributed by atoms with Crippen molar-refractivity contribution in [1.29, 1.82) is 0 Å². The van der Waals surface area contributed by atoms with E-state index in [-0.39, 0.29) is 11.4 Å². The molecule has 6 radical (unpaired) electrons. The lowest BCUT2D eigenvalue weighted by Crippen LogP contribution is -2.53. The van der Waals surface area contributed by atoms with Gasteiger partial charge in [0.05, 0.1) is 30.1 Å². The number of methoxy groups -OCH3 is 1. The summed E-state index contributed by atoms with van der Waals surface area (Å²) in [6.07, 6.45) is 2.75. The summed E-state index contributed by atoms with van der Waals surface area (Å²) in [5.41, 5.74) is -0.00231. The van der Waals surface area contributed by atoms with E-state index in [4.69, 9.17) is 28.3 Å². The van der Waals surface area contributed by atoms with Crippen LogP contribution in [0, 0.1) is 0 Å². The second kappa shape index (κ2) is 5.18. The Hall–Kier alpha value is 0.115. The van der Waals surface area contributed by atoms with Gasteiger partial charge < -0.3 is 9.64 Å². The molecule has 2 saturated heterocycles. The average molecular weight is 215 g/mol. The molecule has 2 nitrogen and oxygen atoms in total. The molecule has 2 unspecified atom stereocenters. The van der Waals surface area contributed by atoms with Gasteiger partial charge in [0.2, 0.25) is 0 Å². The zero-order chi connectivity index (χ0) is 12.4. The minimum absolute atomic E-state index is 0.00231. The number of rotatable bonds is 2. The van der Waals surface area contributed by atoms with Crippen LogP contribution in [0.25, 0.3) is 0 Å². The van der Waals surface area contributed by atoms with Crippen molar-refractivity contribution >= 4 is 23.5 Å². The summed E-state index contributed by atoms with van der Waals surface area (Å²) >= 11 is 0. The highest BCUT2D eigenvalue weighted by molar-refractivity contribution is 6.40. The van der Waals surface area contributed by atoms with Crippen LogP contribution in [-0.4, -0.2) is 59.6 Å². The van der Waals surface area contributed by atoms with Gasteiger partial charge in [0, 0.05) is 12.6 Å². The van der Waals surface area contributed by atoms with Crippen LogP contribution in [0.2, 0.25) is 5.82 Å². The number of fused-ring (bicyclic) bond motifs is 1. The molecule has 2 aliphatic rings. The Balaban J connectivity index is 0.000000606. The van der Waals surface area contributed by atoms with Crippen molar-refractivity contribution in [3.05, 3.63) is 0 Å². The third-order valence-corrected chi connectivity index (χ3v) is 3.54. The lowest BCUT2D eigenvalue weighted by molar-refractivity contribution is 0.0549. The minimum Gasteiger partial charge on any atom is -0.383 e. The molecule has 0 spiro atoms. The predicted molar refractivity (Wildman–Crippen MR) is 70.3 cm³/mol. The predicted octanol–water partition coefficient (Wildman–Crippen LogP) is 0.845. The molecule has 2 fully saturated rings. The molecular weight excluding hydrogens is 195 g/mol. The lowest BCUT2D eigenvalue weighted by Gasteiger charge is -2.39. The van der Waals surface area contributed by atoms with Crippen LogP contribution in [0.4, 0.5) is 0 Å². The Labute approximate surface area is 104 Å². The van der Waals surface area contributed by atoms with E-state index in [9.17, 15) is 0 Å². The standard InChI is InChI=1S/C9H14B3NO.C2H6/c1-14-6-8-2-3-9(11,12)13(8)5-7(10)4-8;1-2/h7H,2-6H2,1H3;1-2H3. The van der Waals surface area contributed by atoms with Crippen LogP contribution < -0.4 is 0 Å². The van der Waals surface area contributed by atoms with Gasteiger partial charge in [0.25, 0.3) is 0 Å². The quantitative estimate of drug-likeness (QED) is 0.632. The molecule has 0 bridgehead atoms. The van der Waals surface area contributed by atoms with Gasteiger partial charge in [0.15, 0.2) is 0 Å². The molecule has 0 N–H and O–H groups in total. The smallest absolute Gasteiger partial charge is 0.0824 e. The third kappa shape index (κ3) is 2.35. The van der Waals surface area contributed by atoms with Gasteiger partial charge in [-0.1, -0.05) is 25.0 Å². The molecule has 0 saturated carbocycles. The first-order chi connectivity index (χ1) is 7.50. The van der Waals surface area contributed by atoms with E-state index in [0.29, 0.717) is 6.61 Å². The maximum Gasteiger partial charge on any atom is 0.0824 e. The van der Waals surface area contributed by atoms with Crippen LogP contribution in [-0.2, 0) is 4.74 Å². The summed E-state index contributed by atoms with van der Waals surface area (Å²) in [5.74, 6) is 0.178. The van der Waals surface area contributed by atoms with Gasteiger partial charge in [0.1, 0.15) is 0 Å². The summed E-state index contributed by atoms with van der Waals surface area (Å²) in [4.78, 5) is 2.13. The summed E-state index contributed by atoms with van der Waals surface area (Å²) in [5, 5.41) is -0.688. The van der Waals surface area contributed by atoms with Crippen molar-refractivity contribution in [3.63, 3.8) is 0 Å². The van der Waals surface area contributed by atoms with Gasteiger partial charge in [-0.05, 0) is 25.8 Å². The molecular formula is C11H20B3NO. The number of ether oxygens (including phenoxy) is 1. The summed E-state index contributed by atoms with van der Waals surface area (Å²) in [6, 6.07) is 0. The SMILES string of the molecule is CC.[B]C1CN2C([B])([B])CCC2(COC)C1. The van der Waals surface area contributed by atoms with Gasteiger partial charge in [-0.2, -0.15) is 0 Å². The molecule has 0 aromatic heterocycles. The van der Waals surface area contributed by atoms with E-state index >= 15 is 0 Å². The topological polar surface area (TPSA) is 12.5 Å². The van der Waals surface area contributed by atoms with E-state index < -0.39 is 5.34 Å². The highest BCUT2D eigenvalue weighted by Crippen LogP contribution is 2.48. The average Bonchev–Trinajstić information content (AvgIpc) is 2.67. The Morgan fingerprint density at radius 1 is 1.31 bits per heavy atom. The largest absolute Gasteiger partial charge is 0.383 e. The van der Waals surface area contributed by atoms with Crippen molar-refractivity contribution in [3.8, 4) is 0 Å². The fourth-order valence-electron chi connectivity index (χ4n) is 2.99. The zero-order valence-electron chi connectivity index (χ0n) is 10.7. The summed E-state index contributed by atoms with van der Waals surface area (Å²) < 4.78 is 5.26. The second-order valence-corrected chi connectivity index (χ2v) is 4.72. The molecule has 0 amide bonds. The van der Waals surface area contributed by atoms with E-state index in [2.05, 4.69) is 4.90 Å². The van der Waals surface area contributed by atoms with Gasteiger partial charge in [-0.25, -0.2) is 0 Å². The molecule has 0 aromatic rings. The summed E-state index contributed by atoms with van der Waals surface area (Å²) in [6.45, 7) is 5.47. The van der Waals surface area contributed by atoms with Crippen molar-refractivity contribution in [1.82, 2.24) is 4.90 Å². The van der Waals surface area contributed by atoms with Crippen molar-refractivity contribution < 1.29 is 4.74 Å². The zero-order valence-corrected chi connectivity index (χ0v) is 10.7. The maximum atomic E-state index is 6.03. The molecule has 2 aliphatic heterocycles. The minimum atomic E-state index is -0.688. The first kappa shape index (κ1) is 14.2. The van der Waals surface area contributed by atoms with Crippen molar-refractivity contribution in [2.45, 2.75) is 49.8 Å². The number of hydrogen-bond donors (Lipinski definition) is 0. The van der Waals surface area contributed by atoms with Gasteiger partial charge in [-0.15, -0.1) is 0 Å². The molecule has 0 aliphatic carbocycles. The first-order valence-electron chi connectivity index (χ1n) is 6.10. The highest BCUT2D eigenvalue weighted by Gasteiger charge is 2.53. The molecule has 16 heavy (non-hydrogen) atoms. The first-order valence-corrected chi connectivity index (χ1v) is 6.10. The van der Waals surface area contributed by atoms with Gasteiger partial charge >= 0.3 is 0 Å². The normalized spacial score (nSPS) is 36.6. The van der Waals surface area contributed by atoms with Crippen LogP contribution in [0.1, 0.15) is 33.1 Å². The Morgan fingerprint density at radius 2 is 1.94 bits per heavy atom. The molecule has 0 aromatic carbocycles.